The number of rotatable bonds is 5. The molecule has 3 nitrogen and oxygen atoms in total. The van der Waals surface area contributed by atoms with Crippen LogP contribution in [0.15, 0.2) is 18.2 Å². The molecule has 0 spiro atoms. The van der Waals surface area contributed by atoms with Gasteiger partial charge in [-0.2, -0.15) is 0 Å². The zero-order valence-electron chi connectivity index (χ0n) is 11.9. The molecule has 1 aromatic rings. The predicted octanol–water partition coefficient (Wildman–Crippen LogP) is 2.62. The van der Waals surface area contributed by atoms with Gasteiger partial charge >= 0.3 is 0 Å². The zero-order chi connectivity index (χ0) is 13.1. The van der Waals surface area contributed by atoms with Crippen molar-refractivity contribution in [2.75, 3.05) is 32.1 Å². The van der Waals surface area contributed by atoms with E-state index >= 15 is 0 Å². The minimum Gasteiger partial charge on any atom is -0.497 e. The van der Waals surface area contributed by atoms with E-state index in [1.54, 1.807) is 7.11 Å². The van der Waals surface area contributed by atoms with Crippen LogP contribution in [0.4, 0.5) is 5.69 Å². The molecule has 0 unspecified atom stereocenters. The lowest BCUT2D eigenvalue weighted by molar-refractivity contribution is 0.414. The molecule has 18 heavy (non-hydrogen) atoms. The molecule has 0 radical (unpaired) electrons. The minimum atomic E-state index is 0.564. The molecular weight excluding hydrogens is 224 g/mol. The Labute approximate surface area is 110 Å². The topological polar surface area (TPSA) is 24.5 Å². The molecule has 1 aliphatic rings. The van der Waals surface area contributed by atoms with Crippen molar-refractivity contribution in [3.63, 3.8) is 0 Å². The molecule has 2 rings (SSSR count). The maximum Gasteiger partial charge on any atom is 0.119 e. The third kappa shape index (κ3) is 2.78. The van der Waals surface area contributed by atoms with Crippen molar-refractivity contribution in [2.45, 2.75) is 32.2 Å². The highest BCUT2D eigenvalue weighted by Gasteiger charge is 2.26. The number of nitrogens with one attached hydrogen (secondary N) is 1. The van der Waals surface area contributed by atoms with Gasteiger partial charge in [-0.3, -0.25) is 0 Å². The van der Waals surface area contributed by atoms with Gasteiger partial charge in [0.25, 0.3) is 0 Å². The van der Waals surface area contributed by atoms with Crippen LogP contribution in [0.25, 0.3) is 0 Å². The predicted molar refractivity (Wildman–Crippen MR) is 76.8 cm³/mol. The van der Waals surface area contributed by atoms with E-state index in [1.165, 1.54) is 17.7 Å². The number of ether oxygens (including phenoxy) is 1. The van der Waals surface area contributed by atoms with Gasteiger partial charge in [0.05, 0.1) is 7.11 Å². The lowest BCUT2D eigenvalue weighted by Crippen LogP contribution is -2.26. The summed E-state index contributed by atoms with van der Waals surface area (Å²) in [5.41, 5.74) is 2.78. The van der Waals surface area contributed by atoms with Crippen molar-refractivity contribution < 1.29 is 4.74 Å². The van der Waals surface area contributed by atoms with Gasteiger partial charge in [0.1, 0.15) is 5.75 Å². The lowest BCUT2D eigenvalue weighted by atomic mass is 9.97. The van der Waals surface area contributed by atoms with Crippen LogP contribution >= 0.6 is 0 Å². The van der Waals surface area contributed by atoms with Crippen LogP contribution in [-0.2, 0) is 0 Å². The molecule has 0 saturated carbocycles. The number of nitrogens with zero attached hydrogens (tertiary/aromatic N) is 1. The summed E-state index contributed by atoms with van der Waals surface area (Å²) in [6.07, 6.45) is 1.18. The summed E-state index contributed by atoms with van der Waals surface area (Å²) in [6.45, 7) is 6.57. The minimum absolute atomic E-state index is 0.564. The largest absolute Gasteiger partial charge is 0.497 e. The van der Waals surface area contributed by atoms with E-state index in [2.05, 4.69) is 43.2 Å². The van der Waals surface area contributed by atoms with Crippen LogP contribution in [0.2, 0.25) is 0 Å². The first kappa shape index (κ1) is 13.2. The fourth-order valence-corrected chi connectivity index (χ4v) is 2.65. The van der Waals surface area contributed by atoms with Crippen molar-refractivity contribution in [2.24, 2.45) is 0 Å². The van der Waals surface area contributed by atoms with Gasteiger partial charge in [0, 0.05) is 31.2 Å². The fraction of sp³-hybridized carbons (Fsp3) is 0.600. The molecule has 0 bridgehead atoms. The van der Waals surface area contributed by atoms with Gasteiger partial charge in [0.2, 0.25) is 0 Å². The summed E-state index contributed by atoms with van der Waals surface area (Å²) >= 11 is 0. The van der Waals surface area contributed by atoms with Crippen molar-refractivity contribution in [3.8, 4) is 5.75 Å². The molecule has 0 aliphatic carbocycles. The van der Waals surface area contributed by atoms with E-state index in [9.17, 15) is 0 Å². The maximum atomic E-state index is 5.33. The third-order valence-corrected chi connectivity index (χ3v) is 3.63. The second-order valence-electron chi connectivity index (χ2n) is 5.40. The molecule has 0 amide bonds. The number of hydrogen-bond donors (Lipinski definition) is 1. The lowest BCUT2D eigenvalue weighted by Gasteiger charge is -2.14. The Balaban J connectivity index is 2.07. The first-order valence-electron chi connectivity index (χ1n) is 6.74. The monoisotopic (exact) mass is 248 g/mol. The summed E-state index contributed by atoms with van der Waals surface area (Å²) < 4.78 is 5.33. The first-order valence-corrected chi connectivity index (χ1v) is 6.74. The molecule has 1 atom stereocenters. The van der Waals surface area contributed by atoms with Gasteiger partial charge in [-0.05, 0) is 36.7 Å². The number of likely N-dealkylation sites (N-methyl/N-ethyl adjacent to an activating group) is 1. The third-order valence-electron chi connectivity index (χ3n) is 3.63. The molecule has 0 saturated heterocycles. The fourth-order valence-electron chi connectivity index (χ4n) is 2.65. The van der Waals surface area contributed by atoms with Crippen LogP contribution < -0.4 is 15.0 Å². The van der Waals surface area contributed by atoms with Gasteiger partial charge in [0.15, 0.2) is 0 Å². The number of benzene rings is 1. The summed E-state index contributed by atoms with van der Waals surface area (Å²) in [4.78, 5) is 2.34. The van der Waals surface area contributed by atoms with Crippen LogP contribution in [-0.4, -0.2) is 33.3 Å². The molecule has 1 N–H and O–H groups in total. The van der Waals surface area contributed by atoms with Gasteiger partial charge in [-0.25, -0.2) is 0 Å². The quantitative estimate of drug-likeness (QED) is 0.867. The molecule has 1 aliphatic heterocycles. The van der Waals surface area contributed by atoms with Gasteiger partial charge in [-0.1, -0.05) is 13.8 Å². The number of hydrogen-bond acceptors (Lipinski definition) is 3. The van der Waals surface area contributed by atoms with Crippen molar-refractivity contribution in [3.05, 3.63) is 23.8 Å². The molecule has 3 heteroatoms. The number of fused-ring (bicyclic) bond motifs is 1. The van der Waals surface area contributed by atoms with Crippen molar-refractivity contribution in [1.29, 1.82) is 0 Å². The zero-order valence-corrected chi connectivity index (χ0v) is 11.9. The second-order valence-corrected chi connectivity index (χ2v) is 5.40. The van der Waals surface area contributed by atoms with Crippen molar-refractivity contribution in [1.82, 2.24) is 5.32 Å². The Morgan fingerprint density at radius 1 is 1.44 bits per heavy atom. The molecular formula is C15H24N2O. The normalized spacial score (nSPS) is 18.3. The van der Waals surface area contributed by atoms with Crippen molar-refractivity contribution >= 4 is 5.69 Å². The number of anilines is 1. The molecule has 0 aromatic heterocycles. The Bertz CT molecular complexity index is 403. The highest BCUT2D eigenvalue weighted by molar-refractivity contribution is 5.61. The van der Waals surface area contributed by atoms with Crippen LogP contribution in [0.1, 0.15) is 31.7 Å². The highest BCUT2D eigenvalue weighted by Crippen LogP contribution is 2.38. The molecule has 100 valence electrons. The van der Waals surface area contributed by atoms with Crippen LogP contribution in [0, 0.1) is 0 Å². The summed E-state index contributed by atoms with van der Waals surface area (Å²) in [6, 6.07) is 6.97. The Hall–Kier alpha value is -1.22. The van der Waals surface area contributed by atoms with E-state index in [0.29, 0.717) is 12.0 Å². The smallest absolute Gasteiger partial charge is 0.119 e. The average molecular weight is 248 g/mol. The number of methoxy groups -OCH3 is 1. The molecule has 0 fully saturated rings. The highest BCUT2D eigenvalue weighted by atomic mass is 16.5. The summed E-state index contributed by atoms with van der Waals surface area (Å²) in [5.74, 6) is 1.58. The average Bonchev–Trinajstić information content (AvgIpc) is 2.65. The van der Waals surface area contributed by atoms with Crippen LogP contribution in [0.3, 0.4) is 0 Å². The van der Waals surface area contributed by atoms with E-state index in [1.807, 2.05) is 6.07 Å². The second kappa shape index (κ2) is 5.61. The van der Waals surface area contributed by atoms with E-state index in [4.69, 9.17) is 4.74 Å². The van der Waals surface area contributed by atoms with E-state index in [0.717, 1.165) is 18.8 Å². The Kier molecular flexibility index (Phi) is 4.12. The van der Waals surface area contributed by atoms with Gasteiger partial charge < -0.3 is 15.0 Å². The van der Waals surface area contributed by atoms with Crippen LogP contribution in [0.5, 0.6) is 5.75 Å². The SMILES string of the molecule is COc1ccc2c(c1)[C@@H](CCNC(C)C)CN2C. The van der Waals surface area contributed by atoms with E-state index in [-0.39, 0.29) is 0 Å². The first-order chi connectivity index (χ1) is 8.61. The standard InChI is InChI=1S/C15H24N2O/c1-11(2)16-8-7-12-10-17(3)15-6-5-13(18-4)9-14(12)15/h5-6,9,11-12,16H,7-8,10H2,1-4H3/t12-/m0/s1. The van der Waals surface area contributed by atoms with Gasteiger partial charge in [-0.15, -0.1) is 0 Å². The Morgan fingerprint density at radius 2 is 2.22 bits per heavy atom. The molecule has 1 heterocycles. The maximum absolute atomic E-state index is 5.33. The summed E-state index contributed by atoms with van der Waals surface area (Å²) in [7, 11) is 3.90. The Morgan fingerprint density at radius 3 is 2.89 bits per heavy atom. The van der Waals surface area contributed by atoms with E-state index < -0.39 is 0 Å². The molecule has 1 aromatic carbocycles. The summed E-state index contributed by atoms with van der Waals surface area (Å²) in [5, 5.41) is 3.50.